The summed E-state index contributed by atoms with van der Waals surface area (Å²) in [6.45, 7) is 5.88. The molecule has 0 bridgehead atoms. The number of nitrogens with zero attached hydrogens (tertiary/aromatic N) is 2. The zero-order valence-electron chi connectivity index (χ0n) is 19.5. The molecule has 0 spiro atoms. The first kappa shape index (κ1) is 24.8. The Morgan fingerprint density at radius 2 is 1.76 bits per heavy atom. The van der Waals surface area contributed by atoms with E-state index in [9.17, 15) is 21.6 Å². The Bertz CT molecular complexity index is 1280. The summed E-state index contributed by atoms with van der Waals surface area (Å²) in [5.41, 5.74) is 1.87. The highest BCUT2D eigenvalue weighted by Crippen LogP contribution is 2.38. The third-order valence-corrected chi connectivity index (χ3v) is 7.71. The van der Waals surface area contributed by atoms with Crippen LogP contribution in [-0.2, 0) is 30.3 Å². The minimum atomic E-state index is -3.68. The normalized spacial score (nSPS) is 16.5. The van der Waals surface area contributed by atoms with Crippen molar-refractivity contribution in [2.24, 2.45) is 0 Å². The number of benzene rings is 2. The van der Waals surface area contributed by atoms with Gasteiger partial charge in [-0.25, -0.2) is 16.8 Å². The molecule has 0 aromatic heterocycles. The van der Waals surface area contributed by atoms with Crippen LogP contribution in [0.1, 0.15) is 26.3 Å². The number of carbonyl (C=O) groups excluding carboxylic acids is 1. The standard InChI is InChI=1S/C22H29N3O6S2/c1-22(2,3)15-10-11-19-18(12-15)25(33(6,29)30)14-20(31-19)21(26)23-16-8-7-9-17(13-16)24(4)32(5,27)28/h7-13,20H,14H2,1-6H3,(H,23,26). The molecular weight excluding hydrogens is 466 g/mol. The van der Waals surface area contributed by atoms with Crippen LogP contribution in [0.5, 0.6) is 5.75 Å². The lowest BCUT2D eigenvalue weighted by atomic mass is 9.86. The van der Waals surface area contributed by atoms with E-state index in [1.54, 1.807) is 30.3 Å². The quantitative estimate of drug-likeness (QED) is 0.682. The molecule has 3 rings (SSSR count). The van der Waals surface area contributed by atoms with Gasteiger partial charge in [-0.05, 0) is 41.3 Å². The topological polar surface area (TPSA) is 113 Å². The lowest BCUT2D eigenvalue weighted by Crippen LogP contribution is -2.48. The molecule has 0 radical (unpaired) electrons. The first-order valence-electron chi connectivity index (χ1n) is 10.2. The molecule has 1 N–H and O–H groups in total. The van der Waals surface area contributed by atoms with Gasteiger partial charge in [0, 0.05) is 12.7 Å². The second kappa shape index (κ2) is 8.53. The van der Waals surface area contributed by atoms with Gasteiger partial charge in [0.2, 0.25) is 20.0 Å². The Morgan fingerprint density at radius 3 is 2.33 bits per heavy atom. The lowest BCUT2D eigenvalue weighted by Gasteiger charge is -2.35. The summed E-state index contributed by atoms with van der Waals surface area (Å²) in [7, 11) is -5.74. The number of hydrogen-bond acceptors (Lipinski definition) is 6. The number of amides is 1. The van der Waals surface area contributed by atoms with E-state index in [0.717, 1.165) is 22.4 Å². The average Bonchev–Trinajstić information content (AvgIpc) is 2.70. The Labute approximate surface area is 195 Å². The van der Waals surface area contributed by atoms with E-state index in [1.807, 2.05) is 26.8 Å². The maximum atomic E-state index is 13.0. The first-order valence-corrected chi connectivity index (χ1v) is 13.9. The summed E-state index contributed by atoms with van der Waals surface area (Å²) in [4.78, 5) is 13.0. The molecule has 2 aromatic rings. The summed E-state index contributed by atoms with van der Waals surface area (Å²) in [6, 6.07) is 11.6. The van der Waals surface area contributed by atoms with Crippen molar-refractivity contribution in [2.75, 3.05) is 40.0 Å². The highest BCUT2D eigenvalue weighted by molar-refractivity contribution is 7.92. The van der Waals surface area contributed by atoms with Gasteiger partial charge >= 0.3 is 0 Å². The Balaban J connectivity index is 1.89. The Hall–Kier alpha value is -2.79. The fourth-order valence-electron chi connectivity index (χ4n) is 3.36. The van der Waals surface area contributed by atoms with Crippen molar-refractivity contribution in [2.45, 2.75) is 32.3 Å². The van der Waals surface area contributed by atoms with Gasteiger partial charge in [0.15, 0.2) is 6.10 Å². The van der Waals surface area contributed by atoms with Gasteiger partial charge in [0.25, 0.3) is 5.91 Å². The maximum Gasteiger partial charge on any atom is 0.267 e. The number of nitrogens with one attached hydrogen (secondary N) is 1. The predicted octanol–water partition coefficient (Wildman–Crippen LogP) is 2.55. The summed E-state index contributed by atoms with van der Waals surface area (Å²) in [5.74, 6) is -0.251. The van der Waals surface area contributed by atoms with Gasteiger partial charge in [-0.15, -0.1) is 0 Å². The van der Waals surface area contributed by atoms with Crippen LogP contribution in [0.2, 0.25) is 0 Å². The van der Waals surface area contributed by atoms with Crippen LogP contribution in [0.25, 0.3) is 0 Å². The molecule has 1 amide bonds. The zero-order valence-corrected chi connectivity index (χ0v) is 21.1. The zero-order chi connectivity index (χ0) is 24.8. The van der Waals surface area contributed by atoms with E-state index < -0.39 is 32.1 Å². The third kappa shape index (κ3) is 5.59. The third-order valence-electron chi connectivity index (χ3n) is 5.36. The molecule has 0 aliphatic carbocycles. The van der Waals surface area contributed by atoms with Crippen molar-refractivity contribution in [3.63, 3.8) is 0 Å². The highest BCUT2D eigenvalue weighted by Gasteiger charge is 2.36. The van der Waals surface area contributed by atoms with Crippen LogP contribution in [0.15, 0.2) is 42.5 Å². The lowest BCUT2D eigenvalue weighted by molar-refractivity contribution is -0.122. The van der Waals surface area contributed by atoms with Gasteiger partial charge in [0.05, 0.1) is 30.4 Å². The molecule has 180 valence electrons. The Kier molecular flexibility index (Phi) is 6.42. The minimum absolute atomic E-state index is 0.186. The van der Waals surface area contributed by atoms with Crippen molar-refractivity contribution >= 4 is 43.0 Å². The number of sulfonamides is 2. The van der Waals surface area contributed by atoms with Crippen LogP contribution >= 0.6 is 0 Å². The van der Waals surface area contributed by atoms with Crippen molar-refractivity contribution in [1.82, 2.24) is 0 Å². The number of hydrogen-bond donors (Lipinski definition) is 1. The molecule has 0 saturated carbocycles. The van der Waals surface area contributed by atoms with Gasteiger partial charge < -0.3 is 10.1 Å². The van der Waals surface area contributed by atoms with E-state index in [-0.39, 0.29) is 12.0 Å². The van der Waals surface area contributed by atoms with Crippen molar-refractivity contribution in [3.8, 4) is 5.75 Å². The number of fused-ring (bicyclic) bond motifs is 1. The largest absolute Gasteiger partial charge is 0.476 e. The van der Waals surface area contributed by atoms with Crippen molar-refractivity contribution < 1.29 is 26.4 Å². The van der Waals surface area contributed by atoms with E-state index in [4.69, 9.17) is 4.74 Å². The molecule has 33 heavy (non-hydrogen) atoms. The molecule has 2 aromatic carbocycles. The van der Waals surface area contributed by atoms with E-state index in [1.165, 1.54) is 17.4 Å². The second-order valence-corrected chi connectivity index (χ2v) is 13.0. The number of anilines is 3. The second-order valence-electron chi connectivity index (χ2n) is 9.10. The molecule has 1 atom stereocenters. The van der Waals surface area contributed by atoms with Crippen LogP contribution in [0.3, 0.4) is 0 Å². The smallest absolute Gasteiger partial charge is 0.267 e. The molecule has 1 aliphatic rings. The summed E-state index contributed by atoms with van der Waals surface area (Å²) >= 11 is 0. The van der Waals surface area contributed by atoms with Crippen LogP contribution in [-0.4, -0.2) is 55.0 Å². The molecule has 0 fully saturated rings. The van der Waals surface area contributed by atoms with Gasteiger partial charge in [-0.2, -0.15) is 0 Å². The molecule has 1 unspecified atom stereocenters. The van der Waals surface area contributed by atoms with Gasteiger partial charge in [-0.3, -0.25) is 13.4 Å². The van der Waals surface area contributed by atoms with Crippen LogP contribution < -0.4 is 18.7 Å². The van der Waals surface area contributed by atoms with Gasteiger partial charge in [-0.1, -0.05) is 32.9 Å². The van der Waals surface area contributed by atoms with Crippen molar-refractivity contribution in [3.05, 3.63) is 48.0 Å². The summed E-state index contributed by atoms with van der Waals surface area (Å²) in [6.07, 6.45) is 1.07. The fourth-order valence-corrected chi connectivity index (χ4v) is 4.76. The number of ether oxygens (including phenoxy) is 1. The molecular formula is C22H29N3O6S2. The monoisotopic (exact) mass is 495 g/mol. The highest BCUT2D eigenvalue weighted by atomic mass is 32.2. The maximum absolute atomic E-state index is 13.0. The minimum Gasteiger partial charge on any atom is -0.476 e. The number of rotatable bonds is 5. The van der Waals surface area contributed by atoms with E-state index in [0.29, 0.717) is 22.8 Å². The summed E-state index contributed by atoms with van der Waals surface area (Å²) in [5, 5.41) is 2.69. The van der Waals surface area contributed by atoms with Crippen LogP contribution in [0, 0.1) is 0 Å². The number of carbonyl (C=O) groups is 1. The molecule has 1 aliphatic heterocycles. The Morgan fingerprint density at radius 1 is 1.09 bits per heavy atom. The average molecular weight is 496 g/mol. The van der Waals surface area contributed by atoms with Crippen LogP contribution in [0.4, 0.5) is 17.1 Å². The molecule has 0 saturated heterocycles. The molecule has 11 heteroatoms. The van der Waals surface area contributed by atoms with E-state index >= 15 is 0 Å². The van der Waals surface area contributed by atoms with E-state index in [2.05, 4.69) is 5.32 Å². The SMILES string of the molecule is CN(c1cccc(NC(=O)C2CN(S(C)(=O)=O)c3cc(C(C)(C)C)ccc3O2)c1)S(C)(=O)=O. The first-order chi connectivity index (χ1) is 15.1. The van der Waals surface area contributed by atoms with Gasteiger partial charge in [0.1, 0.15) is 5.75 Å². The molecule has 9 nitrogen and oxygen atoms in total. The van der Waals surface area contributed by atoms with Crippen molar-refractivity contribution in [1.29, 1.82) is 0 Å². The fraction of sp³-hybridized carbons (Fsp3) is 0.409. The summed E-state index contributed by atoms with van der Waals surface area (Å²) < 4.78 is 56.8. The molecule has 1 heterocycles. The predicted molar refractivity (Wildman–Crippen MR) is 130 cm³/mol.